The highest BCUT2D eigenvalue weighted by Gasteiger charge is 2.48. The van der Waals surface area contributed by atoms with Crippen LogP contribution in [0.1, 0.15) is 76.3 Å². The molecule has 2 heterocycles. The molecule has 0 bridgehead atoms. The van der Waals surface area contributed by atoms with Crippen LogP contribution in [0.2, 0.25) is 0 Å². The lowest BCUT2D eigenvalue weighted by Crippen LogP contribution is -2.48. The minimum absolute atomic E-state index is 0.589. The van der Waals surface area contributed by atoms with E-state index in [1.807, 2.05) is 0 Å². The maximum absolute atomic E-state index is 4.61. The second-order valence-electron chi connectivity index (χ2n) is 8.57. The van der Waals surface area contributed by atoms with Gasteiger partial charge in [-0.1, -0.05) is 20.3 Å². The molecule has 1 aromatic rings. The van der Waals surface area contributed by atoms with Gasteiger partial charge >= 0.3 is 0 Å². The predicted molar refractivity (Wildman–Crippen MR) is 90.0 cm³/mol. The zero-order valence-corrected chi connectivity index (χ0v) is 14.3. The van der Waals surface area contributed by atoms with Crippen molar-refractivity contribution in [2.45, 2.75) is 70.8 Å². The van der Waals surface area contributed by atoms with E-state index in [2.05, 4.69) is 40.9 Å². The van der Waals surface area contributed by atoms with E-state index in [1.165, 1.54) is 70.1 Å². The maximum atomic E-state index is 4.61. The summed E-state index contributed by atoms with van der Waals surface area (Å²) in [5, 5.41) is 4.61. The molecule has 22 heavy (non-hydrogen) atoms. The Kier molecular flexibility index (Phi) is 3.80. The number of hydrogen-bond donors (Lipinski definition) is 0. The van der Waals surface area contributed by atoms with Crippen molar-refractivity contribution in [1.29, 1.82) is 0 Å². The van der Waals surface area contributed by atoms with Crippen LogP contribution >= 0.6 is 0 Å². The van der Waals surface area contributed by atoms with Gasteiger partial charge in [-0.25, -0.2) is 0 Å². The molecule has 1 spiro atoms. The molecule has 3 heteroatoms. The van der Waals surface area contributed by atoms with Crippen LogP contribution < -0.4 is 0 Å². The highest BCUT2D eigenvalue weighted by molar-refractivity contribution is 5.09. The summed E-state index contributed by atoms with van der Waals surface area (Å²) in [5.74, 6) is 1.60. The van der Waals surface area contributed by atoms with E-state index in [4.69, 9.17) is 0 Å². The van der Waals surface area contributed by atoms with Gasteiger partial charge in [-0.3, -0.25) is 4.68 Å². The van der Waals surface area contributed by atoms with Crippen molar-refractivity contribution in [3.8, 4) is 0 Å². The number of likely N-dealkylation sites (tertiary alicyclic amines) is 1. The Bertz CT molecular complexity index is 499. The topological polar surface area (TPSA) is 21.1 Å². The molecule has 2 aliphatic carbocycles. The summed E-state index contributed by atoms with van der Waals surface area (Å²) in [7, 11) is 0. The predicted octanol–water partition coefficient (Wildman–Crippen LogP) is 4.22. The van der Waals surface area contributed by atoms with Crippen molar-refractivity contribution in [3.63, 3.8) is 0 Å². The van der Waals surface area contributed by atoms with E-state index in [0.29, 0.717) is 12.0 Å². The molecule has 0 atom stereocenters. The Balaban J connectivity index is 1.24. The molecule has 0 amide bonds. The van der Waals surface area contributed by atoms with Gasteiger partial charge in [-0.2, -0.15) is 5.10 Å². The average molecular weight is 301 g/mol. The van der Waals surface area contributed by atoms with Crippen molar-refractivity contribution >= 4 is 0 Å². The monoisotopic (exact) mass is 301 g/mol. The summed E-state index contributed by atoms with van der Waals surface area (Å²) in [6.07, 6.45) is 14.5. The normalized spacial score (nSPS) is 26.3. The van der Waals surface area contributed by atoms with E-state index < -0.39 is 0 Å². The Labute approximate surface area is 135 Å². The summed E-state index contributed by atoms with van der Waals surface area (Å²) in [6.45, 7) is 8.40. The summed E-state index contributed by atoms with van der Waals surface area (Å²) in [5.41, 5.74) is 2.22. The van der Waals surface area contributed by atoms with E-state index in [1.54, 1.807) is 0 Å². The van der Waals surface area contributed by atoms with Gasteiger partial charge < -0.3 is 4.90 Å². The fourth-order valence-corrected chi connectivity index (χ4v) is 4.96. The van der Waals surface area contributed by atoms with Crippen LogP contribution in [0.4, 0.5) is 0 Å². The molecule has 1 saturated heterocycles. The van der Waals surface area contributed by atoms with Crippen LogP contribution in [0.25, 0.3) is 0 Å². The highest BCUT2D eigenvalue weighted by atomic mass is 15.3. The van der Waals surface area contributed by atoms with Gasteiger partial charge in [0.1, 0.15) is 0 Å². The number of piperidine rings is 1. The molecule has 3 nitrogen and oxygen atoms in total. The molecular weight excluding hydrogens is 270 g/mol. The molecule has 3 aliphatic rings. The Morgan fingerprint density at radius 1 is 1.23 bits per heavy atom. The molecule has 1 aromatic heterocycles. The second kappa shape index (κ2) is 5.67. The van der Waals surface area contributed by atoms with E-state index >= 15 is 0 Å². The van der Waals surface area contributed by atoms with Crippen LogP contribution in [0, 0.1) is 11.3 Å². The Morgan fingerprint density at radius 3 is 2.50 bits per heavy atom. The smallest absolute Gasteiger partial charge is 0.0543 e. The van der Waals surface area contributed by atoms with Crippen LogP contribution in [0.3, 0.4) is 0 Å². The molecule has 1 aliphatic heterocycles. The quantitative estimate of drug-likeness (QED) is 0.830. The molecule has 0 unspecified atom stereocenters. The maximum Gasteiger partial charge on any atom is 0.0543 e. The fraction of sp³-hybridized carbons (Fsp3) is 0.842. The van der Waals surface area contributed by atoms with Crippen LogP contribution in [-0.2, 0) is 0 Å². The molecule has 0 aromatic carbocycles. The third-order valence-corrected chi connectivity index (χ3v) is 6.59. The molecule has 4 rings (SSSR count). The van der Waals surface area contributed by atoms with Crippen molar-refractivity contribution in [3.05, 3.63) is 18.0 Å². The van der Waals surface area contributed by atoms with Gasteiger partial charge in [0.25, 0.3) is 0 Å². The second-order valence-corrected chi connectivity index (χ2v) is 8.57. The Hall–Kier alpha value is -0.830. The number of nitrogens with zero attached hydrogens (tertiary/aromatic N) is 3. The summed E-state index contributed by atoms with van der Waals surface area (Å²) in [6, 6.07) is 0.628. The lowest BCUT2D eigenvalue weighted by atomic mass is 9.52. The first-order valence-corrected chi connectivity index (χ1v) is 9.40. The molecule has 3 fully saturated rings. The first kappa shape index (κ1) is 14.7. The third kappa shape index (κ3) is 2.73. The van der Waals surface area contributed by atoms with Gasteiger partial charge in [0.05, 0.1) is 12.2 Å². The summed E-state index contributed by atoms with van der Waals surface area (Å²) < 4.78 is 2.24. The van der Waals surface area contributed by atoms with Gasteiger partial charge in [-0.15, -0.1) is 0 Å². The van der Waals surface area contributed by atoms with Crippen molar-refractivity contribution in [1.82, 2.24) is 14.7 Å². The van der Waals surface area contributed by atoms with Crippen molar-refractivity contribution in [2.75, 3.05) is 19.6 Å². The molecule has 122 valence electrons. The zero-order valence-electron chi connectivity index (χ0n) is 14.3. The SMILES string of the molecule is CC(C)c1cnn(C2CCN(CC3CC4(CCC4)C3)CC2)c1. The lowest BCUT2D eigenvalue weighted by Gasteiger charge is -2.55. The van der Waals surface area contributed by atoms with Gasteiger partial charge in [0.2, 0.25) is 0 Å². The average Bonchev–Trinajstić information content (AvgIpc) is 2.91. The number of rotatable bonds is 4. The molecular formula is C19H31N3. The summed E-state index contributed by atoms with van der Waals surface area (Å²) >= 11 is 0. The highest BCUT2D eigenvalue weighted by Crippen LogP contribution is 2.58. The minimum atomic E-state index is 0.589. The molecule has 0 radical (unpaired) electrons. The standard InChI is InChI=1S/C19H31N3/c1-15(2)17-12-20-22(14-17)18-4-8-21(9-5-18)13-16-10-19(11-16)6-3-7-19/h12,14-16,18H,3-11,13H2,1-2H3. The van der Waals surface area contributed by atoms with Gasteiger partial charge in [0.15, 0.2) is 0 Å². The fourth-order valence-electron chi connectivity index (χ4n) is 4.96. The lowest BCUT2D eigenvalue weighted by molar-refractivity contribution is -0.0407. The molecule has 0 N–H and O–H groups in total. The molecule has 2 saturated carbocycles. The number of aromatic nitrogens is 2. The largest absolute Gasteiger partial charge is 0.303 e. The zero-order chi connectivity index (χ0) is 15.2. The van der Waals surface area contributed by atoms with Crippen molar-refractivity contribution < 1.29 is 0 Å². The third-order valence-electron chi connectivity index (χ3n) is 6.59. The van der Waals surface area contributed by atoms with E-state index in [9.17, 15) is 0 Å². The van der Waals surface area contributed by atoms with Crippen LogP contribution in [-0.4, -0.2) is 34.3 Å². The first-order chi connectivity index (χ1) is 10.6. The van der Waals surface area contributed by atoms with Gasteiger partial charge in [0, 0.05) is 25.8 Å². The van der Waals surface area contributed by atoms with Crippen LogP contribution in [0.15, 0.2) is 12.4 Å². The van der Waals surface area contributed by atoms with Crippen LogP contribution in [0.5, 0.6) is 0 Å². The van der Waals surface area contributed by atoms with Crippen molar-refractivity contribution in [2.24, 2.45) is 11.3 Å². The minimum Gasteiger partial charge on any atom is -0.303 e. The Morgan fingerprint density at radius 2 is 1.95 bits per heavy atom. The first-order valence-electron chi connectivity index (χ1n) is 9.40. The summed E-state index contributed by atoms with van der Waals surface area (Å²) in [4.78, 5) is 2.72. The number of hydrogen-bond acceptors (Lipinski definition) is 2. The van der Waals surface area contributed by atoms with E-state index in [0.717, 1.165) is 11.3 Å². The van der Waals surface area contributed by atoms with E-state index in [-0.39, 0.29) is 0 Å². The van der Waals surface area contributed by atoms with Gasteiger partial charge in [-0.05, 0) is 61.3 Å².